The van der Waals surface area contributed by atoms with Crippen molar-refractivity contribution in [1.82, 2.24) is 4.98 Å². The van der Waals surface area contributed by atoms with E-state index >= 15 is 0 Å². The second-order valence-electron chi connectivity index (χ2n) is 5.51. The number of ether oxygens (including phenoxy) is 3. The number of hydrogen-bond acceptors (Lipinski definition) is 3. The van der Waals surface area contributed by atoms with E-state index in [9.17, 15) is 0 Å². The Bertz CT molecular complexity index is 836. The molecule has 0 radical (unpaired) electrons. The first kappa shape index (κ1) is 15.4. The zero-order chi connectivity index (χ0) is 16.4. The summed E-state index contributed by atoms with van der Waals surface area (Å²) < 4.78 is 16.3. The molecule has 1 aromatic heterocycles. The Balaban J connectivity index is 2.24. The molecule has 120 valence electrons. The Morgan fingerprint density at radius 3 is 2.48 bits per heavy atom. The molecule has 2 aromatic carbocycles. The number of hydrogen-bond donors (Lipinski definition) is 1. The summed E-state index contributed by atoms with van der Waals surface area (Å²) >= 11 is 0. The quantitative estimate of drug-likeness (QED) is 0.708. The molecule has 3 rings (SSSR count). The number of aryl methyl sites for hydroxylation is 2. The molecule has 3 aromatic rings. The summed E-state index contributed by atoms with van der Waals surface area (Å²) in [7, 11) is 3.25. The van der Waals surface area contributed by atoms with Crippen LogP contribution >= 0.6 is 0 Å². The van der Waals surface area contributed by atoms with Crippen molar-refractivity contribution in [2.75, 3.05) is 21.0 Å². The van der Waals surface area contributed by atoms with E-state index in [1.54, 1.807) is 14.2 Å². The molecule has 0 saturated carbocycles. The van der Waals surface area contributed by atoms with Crippen LogP contribution in [-0.2, 0) is 4.74 Å². The zero-order valence-corrected chi connectivity index (χ0v) is 13.9. The molecule has 0 fully saturated rings. The summed E-state index contributed by atoms with van der Waals surface area (Å²) in [6.45, 7) is 4.39. The molecular formula is C19H21NO3. The molecule has 0 aliphatic rings. The Hall–Kier alpha value is -2.46. The fourth-order valence-corrected chi connectivity index (χ4v) is 2.94. The van der Waals surface area contributed by atoms with Gasteiger partial charge in [-0.15, -0.1) is 0 Å². The molecule has 1 heterocycles. The molecule has 0 aliphatic carbocycles. The minimum atomic E-state index is 0.180. The van der Waals surface area contributed by atoms with Gasteiger partial charge < -0.3 is 19.2 Å². The fraction of sp³-hybridized carbons (Fsp3) is 0.263. The van der Waals surface area contributed by atoms with Crippen molar-refractivity contribution in [3.05, 3.63) is 47.5 Å². The van der Waals surface area contributed by atoms with Gasteiger partial charge in [0.2, 0.25) is 0 Å². The van der Waals surface area contributed by atoms with E-state index in [0.717, 1.165) is 22.2 Å². The van der Waals surface area contributed by atoms with Crippen LogP contribution in [0.25, 0.3) is 22.2 Å². The molecule has 0 unspecified atom stereocenters. The lowest BCUT2D eigenvalue weighted by atomic mass is 10.0. The summed E-state index contributed by atoms with van der Waals surface area (Å²) in [4.78, 5) is 3.51. The van der Waals surface area contributed by atoms with Gasteiger partial charge >= 0.3 is 0 Å². The minimum Gasteiger partial charge on any atom is -0.493 e. The largest absolute Gasteiger partial charge is 0.493 e. The molecule has 0 amide bonds. The Kier molecular flexibility index (Phi) is 4.26. The van der Waals surface area contributed by atoms with Gasteiger partial charge in [0.15, 0.2) is 18.3 Å². The van der Waals surface area contributed by atoms with Gasteiger partial charge in [-0.05, 0) is 37.1 Å². The summed E-state index contributed by atoms with van der Waals surface area (Å²) in [6, 6.07) is 12.3. The van der Waals surface area contributed by atoms with Crippen LogP contribution in [0.5, 0.6) is 11.5 Å². The van der Waals surface area contributed by atoms with Gasteiger partial charge in [-0.1, -0.05) is 24.3 Å². The van der Waals surface area contributed by atoms with E-state index in [1.165, 1.54) is 11.1 Å². The molecule has 1 N–H and O–H groups in total. The van der Waals surface area contributed by atoms with Crippen molar-refractivity contribution in [3.63, 3.8) is 0 Å². The minimum absolute atomic E-state index is 0.180. The van der Waals surface area contributed by atoms with E-state index < -0.39 is 0 Å². The van der Waals surface area contributed by atoms with Crippen LogP contribution in [0.1, 0.15) is 11.1 Å². The molecule has 0 spiro atoms. The van der Waals surface area contributed by atoms with Crippen LogP contribution in [-0.4, -0.2) is 26.0 Å². The third-order valence-corrected chi connectivity index (χ3v) is 4.09. The van der Waals surface area contributed by atoms with Crippen LogP contribution in [0.4, 0.5) is 0 Å². The zero-order valence-electron chi connectivity index (χ0n) is 13.9. The van der Waals surface area contributed by atoms with Crippen LogP contribution in [0, 0.1) is 13.8 Å². The number of H-pyrrole nitrogens is 1. The predicted octanol–water partition coefficient (Wildman–Crippen LogP) is 4.44. The van der Waals surface area contributed by atoms with Crippen LogP contribution in [0.3, 0.4) is 0 Å². The van der Waals surface area contributed by atoms with Crippen LogP contribution in [0.15, 0.2) is 36.4 Å². The van der Waals surface area contributed by atoms with Gasteiger partial charge in [0.25, 0.3) is 0 Å². The van der Waals surface area contributed by atoms with Gasteiger partial charge in [-0.25, -0.2) is 0 Å². The highest BCUT2D eigenvalue weighted by atomic mass is 16.7. The van der Waals surface area contributed by atoms with Crippen molar-refractivity contribution in [2.45, 2.75) is 13.8 Å². The lowest BCUT2D eigenvalue weighted by molar-refractivity contribution is 0.0503. The first-order valence-electron chi connectivity index (χ1n) is 7.54. The maximum absolute atomic E-state index is 5.78. The Morgan fingerprint density at radius 1 is 1.00 bits per heavy atom. The van der Waals surface area contributed by atoms with E-state index in [0.29, 0.717) is 11.5 Å². The number of fused-ring (bicyclic) bond motifs is 1. The smallest absolute Gasteiger partial charge is 0.188 e. The second kappa shape index (κ2) is 6.34. The summed E-state index contributed by atoms with van der Waals surface area (Å²) in [5.41, 5.74) is 5.69. The van der Waals surface area contributed by atoms with Crippen molar-refractivity contribution in [1.29, 1.82) is 0 Å². The van der Waals surface area contributed by atoms with Crippen molar-refractivity contribution >= 4 is 10.9 Å². The van der Waals surface area contributed by atoms with Gasteiger partial charge in [-0.3, -0.25) is 0 Å². The monoisotopic (exact) mass is 311 g/mol. The van der Waals surface area contributed by atoms with E-state index in [1.807, 2.05) is 18.2 Å². The topological polar surface area (TPSA) is 43.5 Å². The predicted molar refractivity (Wildman–Crippen MR) is 92.3 cm³/mol. The molecule has 0 atom stereocenters. The standard InChI is InChI=1S/C19H21NO3/c1-12-7-5-6-8-14(12)18-13(2)17-15(20-18)9-10-16(22-4)19(17)23-11-21-3/h5-10,20H,11H2,1-4H3. The number of aromatic nitrogens is 1. The van der Waals surface area contributed by atoms with Gasteiger partial charge in [0.05, 0.1) is 12.6 Å². The summed E-state index contributed by atoms with van der Waals surface area (Å²) in [5.74, 6) is 1.41. The SMILES string of the molecule is COCOc1c(OC)ccc2[nH]c(-c3ccccc3C)c(C)c12. The average Bonchev–Trinajstić information content (AvgIpc) is 2.90. The number of methoxy groups -OCH3 is 2. The molecule has 4 nitrogen and oxygen atoms in total. The molecule has 0 bridgehead atoms. The average molecular weight is 311 g/mol. The maximum Gasteiger partial charge on any atom is 0.188 e. The molecule has 0 aliphatic heterocycles. The Labute approximate surface area is 136 Å². The van der Waals surface area contributed by atoms with Gasteiger partial charge in [-0.2, -0.15) is 0 Å². The summed E-state index contributed by atoms with van der Waals surface area (Å²) in [5, 5.41) is 1.03. The first-order chi connectivity index (χ1) is 11.2. The first-order valence-corrected chi connectivity index (χ1v) is 7.54. The molecular weight excluding hydrogens is 290 g/mol. The van der Waals surface area contributed by atoms with Crippen molar-refractivity contribution in [2.24, 2.45) is 0 Å². The highest BCUT2D eigenvalue weighted by Gasteiger charge is 2.18. The third kappa shape index (κ3) is 2.66. The maximum atomic E-state index is 5.78. The Morgan fingerprint density at radius 2 is 1.78 bits per heavy atom. The number of benzene rings is 2. The van der Waals surface area contributed by atoms with Crippen molar-refractivity contribution in [3.8, 4) is 22.8 Å². The molecule has 23 heavy (non-hydrogen) atoms. The van der Waals surface area contributed by atoms with Gasteiger partial charge in [0.1, 0.15) is 0 Å². The normalized spacial score (nSPS) is 11.0. The van der Waals surface area contributed by atoms with E-state index in [4.69, 9.17) is 14.2 Å². The van der Waals surface area contributed by atoms with Crippen LogP contribution < -0.4 is 9.47 Å². The second-order valence-corrected chi connectivity index (χ2v) is 5.51. The molecule has 4 heteroatoms. The van der Waals surface area contributed by atoms with Crippen LogP contribution in [0.2, 0.25) is 0 Å². The van der Waals surface area contributed by atoms with E-state index in [2.05, 4.69) is 37.0 Å². The number of aromatic amines is 1. The summed E-state index contributed by atoms with van der Waals surface area (Å²) in [6.07, 6.45) is 0. The van der Waals surface area contributed by atoms with Crippen molar-refractivity contribution < 1.29 is 14.2 Å². The lowest BCUT2D eigenvalue weighted by Crippen LogP contribution is -2.01. The highest BCUT2D eigenvalue weighted by Crippen LogP contribution is 2.41. The fourth-order valence-electron chi connectivity index (χ4n) is 2.94. The third-order valence-electron chi connectivity index (χ3n) is 4.09. The highest BCUT2D eigenvalue weighted by molar-refractivity contribution is 5.97. The number of nitrogens with one attached hydrogen (secondary N) is 1. The van der Waals surface area contributed by atoms with Gasteiger partial charge in [0, 0.05) is 23.8 Å². The molecule has 0 saturated heterocycles. The van der Waals surface area contributed by atoms with E-state index in [-0.39, 0.29) is 6.79 Å². The lowest BCUT2D eigenvalue weighted by Gasteiger charge is -2.11. The number of rotatable bonds is 5.